The molecule has 0 spiro atoms. The number of nitrogens with zero attached hydrogens (tertiary/aromatic N) is 3. The van der Waals surface area contributed by atoms with Gasteiger partial charge in [-0.3, -0.25) is 4.90 Å². The first-order chi connectivity index (χ1) is 11.3. The number of anilines is 2. The number of para-hydroxylation sites is 1. The SMILES string of the molecule is CCCCN1CCC[C@H]1c1cccnc1N(C)c1ccccc1. The Morgan fingerprint density at radius 2 is 2.00 bits per heavy atom. The van der Waals surface area contributed by atoms with Gasteiger partial charge in [0.2, 0.25) is 0 Å². The molecule has 1 aromatic heterocycles. The van der Waals surface area contributed by atoms with Crippen molar-refractivity contribution in [2.45, 2.75) is 38.6 Å². The molecule has 1 atom stereocenters. The molecule has 3 heteroatoms. The van der Waals surface area contributed by atoms with E-state index in [0.29, 0.717) is 6.04 Å². The zero-order valence-electron chi connectivity index (χ0n) is 14.3. The van der Waals surface area contributed by atoms with Crippen LogP contribution in [0.25, 0.3) is 0 Å². The molecule has 2 heterocycles. The van der Waals surface area contributed by atoms with Gasteiger partial charge in [0, 0.05) is 30.5 Å². The van der Waals surface area contributed by atoms with Crippen LogP contribution < -0.4 is 4.90 Å². The highest BCUT2D eigenvalue weighted by molar-refractivity contribution is 5.62. The fourth-order valence-electron chi connectivity index (χ4n) is 3.53. The Balaban J connectivity index is 1.88. The summed E-state index contributed by atoms with van der Waals surface area (Å²) in [5, 5.41) is 0. The molecule has 0 saturated carbocycles. The molecule has 1 aliphatic rings. The van der Waals surface area contributed by atoms with Crippen molar-refractivity contribution < 1.29 is 0 Å². The second-order valence-corrected chi connectivity index (χ2v) is 6.36. The first-order valence-electron chi connectivity index (χ1n) is 8.79. The van der Waals surface area contributed by atoms with Crippen LogP contribution in [0.15, 0.2) is 48.7 Å². The second kappa shape index (κ2) is 7.60. The van der Waals surface area contributed by atoms with Gasteiger partial charge in [0.25, 0.3) is 0 Å². The van der Waals surface area contributed by atoms with Crippen LogP contribution in [-0.2, 0) is 0 Å². The van der Waals surface area contributed by atoms with Crippen molar-refractivity contribution in [2.24, 2.45) is 0 Å². The molecule has 0 aliphatic carbocycles. The van der Waals surface area contributed by atoms with Crippen LogP contribution in [0.4, 0.5) is 11.5 Å². The number of hydrogen-bond donors (Lipinski definition) is 0. The third-order valence-corrected chi connectivity index (χ3v) is 4.80. The molecule has 3 nitrogen and oxygen atoms in total. The first kappa shape index (κ1) is 16.0. The van der Waals surface area contributed by atoms with E-state index >= 15 is 0 Å². The van der Waals surface area contributed by atoms with Crippen LogP contribution in [0, 0.1) is 0 Å². The molecular weight excluding hydrogens is 282 g/mol. The van der Waals surface area contributed by atoms with Crippen molar-refractivity contribution in [3.05, 3.63) is 54.2 Å². The molecule has 1 aliphatic heterocycles. The average Bonchev–Trinajstić information content (AvgIpc) is 3.08. The highest BCUT2D eigenvalue weighted by Crippen LogP contribution is 2.37. The van der Waals surface area contributed by atoms with Gasteiger partial charge in [-0.15, -0.1) is 0 Å². The molecule has 1 aromatic carbocycles. The van der Waals surface area contributed by atoms with Gasteiger partial charge in [-0.05, 0) is 50.6 Å². The predicted molar refractivity (Wildman–Crippen MR) is 97.2 cm³/mol. The van der Waals surface area contributed by atoms with Gasteiger partial charge >= 0.3 is 0 Å². The summed E-state index contributed by atoms with van der Waals surface area (Å²) in [6.45, 7) is 4.68. The van der Waals surface area contributed by atoms with Gasteiger partial charge in [0.05, 0.1) is 0 Å². The van der Waals surface area contributed by atoms with Gasteiger partial charge in [-0.25, -0.2) is 4.98 Å². The minimum Gasteiger partial charge on any atom is -0.329 e. The lowest BCUT2D eigenvalue weighted by atomic mass is 10.0. The molecule has 0 unspecified atom stereocenters. The smallest absolute Gasteiger partial charge is 0.137 e. The molecule has 0 bridgehead atoms. The maximum Gasteiger partial charge on any atom is 0.137 e. The highest BCUT2D eigenvalue weighted by atomic mass is 15.2. The molecule has 1 saturated heterocycles. The quantitative estimate of drug-likeness (QED) is 0.765. The minimum absolute atomic E-state index is 0.511. The van der Waals surface area contributed by atoms with Crippen molar-refractivity contribution in [2.75, 3.05) is 25.0 Å². The van der Waals surface area contributed by atoms with E-state index in [0.717, 1.165) is 5.82 Å². The lowest BCUT2D eigenvalue weighted by Gasteiger charge is -2.29. The number of rotatable bonds is 6. The van der Waals surface area contributed by atoms with Crippen molar-refractivity contribution in [3.8, 4) is 0 Å². The summed E-state index contributed by atoms with van der Waals surface area (Å²) in [6, 6.07) is 15.3. The monoisotopic (exact) mass is 309 g/mol. The number of aromatic nitrogens is 1. The standard InChI is InChI=1S/C20H27N3/c1-3-4-15-23-16-9-13-19(23)18-12-8-14-21-20(18)22(2)17-10-6-5-7-11-17/h5-8,10-12,14,19H,3-4,9,13,15-16H2,1-2H3/t19-/m0/s1. The van der Waals surface area contributed by atoms with E-state index in [4.69, 9.17) is 4.98 Å². The third-order valence-electron chi connectivity index (χ3n) is 4.80. The second-order valence-electron chi connectivity index (χ2n) is 6.36. The molecule has 0 amide bonds. The van der Waals surface area contributed by atoms with E-state index in [1.165, 1.54) is 50.0 Å². The Morgan fingerprint density at radius 1 is 1.17 bits per heavy atom. The Kier molecular flexibility index (Phi) is 5.29. The summed E-state index contributed by atoms with van der Waals surface area (Å²) in [6.07, 6.45) is 6.97. The van der Waals surface area contributed by atoms with Gasteiger partial charge in [0.1, 0.15) is 5.82 Å². The van der Waals surface area contributed by atoms with Crippen LogP contribution >= 0.6 is 0 Å². The summed E-state index contributed by atoms with van der Waals surface area (Å²) in [4.78, 5) is 9.57. The van der Waals surface area contributed by atoms with Crippen LogP contribution in [0.2, 0.25) is 0 Å². The Hall–Kier alpha value is -1.87. The van der Waals surface area contributed by atoms with Crippen LogP contribution in [0.5, 0.6) is 0 Å². The van der Waals surface area contributed by atoms with Gasteiger partial charge < -0.3 is 4.90 Å². The molecule has 122 valence electrons. The van der Waals surface area contributed by atoms with E-state index in [1.807, 2.05) is 6.20 Å². The lowest BCUT2D eigenvalue weighted by molar-refractivity contribution is 0.253. The van der Waals surface area contributed by atoms with Crippen molar-refractivity contribution in [1.82, 2.24) is 9.88 Å². The molecule has 1 fully saturated rings. The summed E-state index contributed by atoms with van der Waals surface area (Å²) in [7, 11) is 2.12. The van der Waals surface area contributed by atoms with Crippen LogP contribution in [-0.4, -0.2) is 30.0 Å². The zero-order chi connectivity index (χ0) is 16.1. The predicted octanol–water partition coefficient (Wildman–Crippen LogP) is 4.79. The summed E-state index contributed by atoms with van der Waals surface area (Å²) < 4.78 is 0. The number of unbranched alkanes of at least 4 members (excludes halogenated alkanes) is 1. The van der Waals surface area contributed by atoms with Crippen LogP contribution in [0.1, 0.15) is 44.2 Å². The third kappa shape index (κ3) is 3.56. The summed E-state index contributed by atoms with van der Waals surface area (Å²) >= 11 is 0. The van der Waals surface area contributed by atoms with E-state index in [9.17, 15) is 0 Å². The number of benzene rings is 1. The van der Waals surface area contributed by atoms with E-state index in [2.05, 4.69) is 66.2 Å². The number of hydrogen-bond acceptors (Lipinski definition) is 3. The lowest BCUT2D eigenvalue weighted by Crippen LogP contribution is -2.26. The van der Waals surface area contributed by atoms with E-state index in [1.54, 1.807) is 0 Å². The molecule has 0 radical (unpaired) electrons. The Labute approximate surface area is 140 Å². The average molecular weight is 309 g/mol. The maximum atomic E-state index is 4.71. The van der Waals surface area contributed by atoms with Crippen molar-refractivity contribution in [3.63, 3.8) is 0 Å². The molecule has 0 N–H and O–H groups in total. The molecule has 23 heavy (non-hydrogen) atoms. The van der Waals surface area contributed by atoms with E-state index < -0.39 is 0 Å². The maximum absolute atomic E-state index is 4.71. The normalized spacial score (nSPS) is 18.3. The van der Waals surface area contributed by atoms with Crippen molar-refractivity contribution in [1.29, 1.82) is 0 Å². The molecule has 2 aromatic rings. The Morgan fingerprint density at radius 3 is 2.78 bits per heavy atom. The summed E-state index contributed by atoms with van der Waals surface area (Å²) in [5.41, 5.74) is 2.55. The van der Waals surface area contributed by atoms with Crippen molar-refractivity contribution >= 4 is 11.5 Å². The van der Waals surface area contributed by atoms with Gasteiger partial charge in [0.15, 0.2) is 0 Å². The first-order valence-corrected chi connectivity index (χ1v) is 8.79. The summed E-state index contributed by atoms with van der Waals surface area (Å²) in [5.74, 6) is 1.09. The topological polar surface area (TPSA) is 19.4 Å². The van der Waals surface area contributed by atoms with Gasteiger partial charge in [-0.2, -0.15) is 0 Å². The largest absolute Gasteiger partial charge is 0.329 e. The highest BCUT2D eigenvalue weighted by Gasteiger charge is 2.28. The minimum atomic E-state index is 0.511. The number of likely N-dealkylation sites (tertiary alicyclic amines) is 1. The fraction of sp³-hybridized carbons (Fsp3) is 0.450. The fourth-order valence-corrected chi connectivity index (χ4v) is 3.53. The van der Waals surface area contributed by atoms with Gasteiger partial charge in [-0.1, -0.05) is 37.6 Å². The van der Waals surface area contributed by atoms with Crippen LogP contribution in [0.3, 0.4) is 0 Å². The molecular formula is C20H27N3. The van der Waals surface area contributed by atoms with E-state index in [-0.39, 0.29) is 0 Å². The number of pyridine rings is 1. The zero-order valence-corrected chi connectivity index (χ0v) is 14.3. The Bertz CT molecular complexity index is 611. The molecule has 3 rings (SSSR count).